The lowest BCUT2D eigenvalue weighted by atomic mass is 9.90. The Morgan fingerprint density at radius 2 is 1.83 bits per heavy atom. The highest BCUT2D eigenvalue weighted by molar-refractivity contribution is 6.46. The van der Waals surface area contributed by atoms with Crippen molar-refractivity contribution in [1.29, 1.82) is 0 Å². The monoisotopic (exact) mass is 307 g/mol. The number of ether oxygens (including phenoxy) is 1. The Labute approximate surface area is 129 Å². The quantitative estimate of drug-likeness (QED) is 0.350. The molecule has 6 heteroatoms. The number of non-ortho nitro benzene ring substituents is 1. The second-order valence-corrected chi connectivity index (χ2v) is 5.36. The van der Waals surface area contributed by atoms with Crippen LogP contribution >= 0.6 is 0 Å². The van der Waals surface area contributed by atoms with E-state index >= 15 is 0 Å². The fourth-order valence-corrected chi connectivity index (χ4v) is 2.96. The fraction of sp³-hybridized carbons (Fsp3) is 0.0588. The van der Waals surface area contributed by atoms with Gasteiger partial charge in [-0.2, -0.15) is 0 Å². The van der Waals surface area contributed by atoms with Gasteiger partial charge in [0.05, 0.1) is 10.3 Å². The Morgan fingerprint density at radius 1 is 1.04 bits per heavy atom. The number of carbonyl (C=O) groups is 2. The zero-order chi connectivity index (χ0) is 16.1. The number of carbonyl (C=O) groups excluding carboxylic acids is 2. The molecular weight excluding hydrogens is 298 g/mol. The van der Waals surface area contributed by atoms with Crippen LogP contribution < -0.4 is 4.74 Å². The van der Waals surface area contributed by atoms with Gasteiger partial charge in [0.2, 0.25) is 11.6 Å². The first-order valence-electron chi connectivity index (χ1n) is 6.92. The Hall–Kier alpha value is -3.28. The van der Waals surface area contributed by atoms with Crippen molar-refractivity contribution in [3.05, 3.63) is 69.5 Å². The van der Waals surface area contributed by atoms with Gasteiger partial charge in [-0.1, -0.05) is 18.2 Å². The highest BCUT2D eigenvalue weighted by atomic mass is 16.6. The molecule has 112 valence electrons. The van der Waals surface area contributed by atoms with Crippen molar-refractivity contribution < 1.29 is 19.2 Å². The van der Waals surface area contributed by atoms with Gasteiger partial charge in [-0.3, -0.25) is 19.7 Å². The van der Waals surface area contributed by atoms with E-state index in [2.05, 4.69) is 0 Å². The molecule has 6 nitrogen and oxygen atoms in total. The van der Waals surface area contributed by atoms with E-state index < -0.39 is 16.5 Å². The van der Waals surface area contributed by atoms with Crippen LogP contribution in [0.15, 0.2) is 53.8 Å². The predicted octanol–water partition coefficient (Wildman–Crippen LogP) is 2.65. The van der Waals surface area contributed by atoms with Crippen LogP contribution in [-0.2, 0) is 16.0 Å². The van der Waals surface area contributed by atoms with Gasteiger partial charge in [-0.15, -0.1) is 0 Å². The average Bonchev–Trinajstić information content (AvgIpc) is 2.53. The Morgan fingerprint density at radius 3 is 2.61 bits per heavy atom. The van der Waals surface area contributed by atoms with Crippen LogP contribution in [0.5, 0.6) is 5.75 Å². The molecular formula is C17H9NO5. The van der Waals surface area contributed by atoms with Gasteiger partial charge in [0.1, 0.15) is 11.5 Å². The lowest BCUT2D eigenvalue weighted by Gasteiger charge is -2.24. The van der Waals surface area contributed by atoms with Crippen LogP contribution in [0.3, 0.4) is 0 Å². The van der Waals surface area contributed by atoms with Gasteiger partial charge in [-0.25, -0.2) is 0 Å². The average molecular weight is 307 g/mol. The van der Waals surface area contributed by atoms with Crippen LogP contribution in [0.1, 0.15) is 5.56 Å². The van der Waals surface area contributed by atoms with Gasteiger partial charge in [0.15, 0.2) is 0 Å². The van der Waals surface area contributed by atoms with Crippen molar-refractivity contribution in [2.75, 3.05) is 0 Å². The van der Waals surface area contributed by atoms with Crippen LogP contribution in [-0.4, -0.2) is 16.5 Å². The molecule has 0 spiro atoms. The minimum atomic E-state index is -0.626. The third-order valence-electron chi connectivity index (χ3n) is 4.00. The highest BCUT2D eigenvalue weighted by Crippen LogP contribution is 2.41. The fourth-order valence-electron chi connectivity index (χ4n) is 2.96. The second-order valence-electron chi connectivity index (χ2n) is 5.36. The van der Waals surface area contributed by atoms with Crippen LogP contribution in [0.25, 0.3) is 10.8 Å². The van der Waals surface area contributed by atoms with E-state index in [1.54, 1.807) is 24.3 Å². The van der Waals surface area contributed by atoms with Gasteiger partial charge in [0.25, 0.3) is 5.69 Å². The summed E-state index contributed by atoms with van der Waals surface area (Å²) in [6.45, 7) is 0. The molecule has 1 aliphatic heterocycles. The van der Waals surface area contributed by atoms with Gasteiger partial charge < -0.3 is 4.74 Å². The lowest BCUT2D eigenvalue weighted by Crippen LogP contribution is -2.21. The van der Waals surface area contributed by atoms with E-state index in [1.165, 1.54) is 18.2 Å². The smallest absolute Gasteiger partial charge is 0.277 e. The molecule has 23 heavy (non-hydrogen) atoms. The predicted molar refractivity (Wildman–Crippen MR) is 81.1 cm³/mol. The molecule has 0 saturated carbocycles. The first-order valence-corrected chi connectivity index (χ1v) is 6.92. The summed E-state index contributed by atoms with van der Waals surface area (Å²) in [7, 11) is 0. The first kappa shape index (κ1) is 13.4. The van der Waals surface area contributed by atoms with E-state index in [4.69, 9.17) is 4.74 Å². The molecule has 1 heterocycles. The molecule has 0 atom stereocenters. The number of rotatable bonds is 1. The maximum absolute atomic E-state index is 11.6. The van der Waals surface area contributed by atoms with E-state index in [0.29, 0.717) is 34.5 Å². The molecule has 4 rings (SSSR count). The summed E-state index contributed by atoms with van der Waals surface area (Å²) >= 11 is 0. The van der Waals surface area contributed by atoms with E-state index in [0.717, 1.165) is 5.39 Å². The molecule has 1 aliphatic carbocycles. The molecule has 0 radical (unpaired) electrons. The molecule has 0 aromatic heterocycles. The van der Waals surface area contributed by atoms with Gasteiger partial charge in [0, 0.05) is 29.7 Å². The normalized spacial score (nSPS) is 16.2. The minimum absolute atomic E-state index is 0.00538. The lowest BCUT2D eigenvalue weighted by molar-refractivity contribution is -0.383. The number of hydrogen-bond acceptors (Lipinski definition) is 5. The number of benzene rings is 2. The zero-order valence-corrected chi connectivity index (χ0v) is 11.7. The van der Waals surface area contributed by atoms with Crippen LogP contribution in [0.4, 0.5) is 5.69 Å². The first-order chi connectivity index (χ1) is 11.0. The van der Waals surface area contributed by atoms with Crippen molar-refractivity contribution in [2.45, 2.75) is 6.42 Å². The zero-order valence-electron chi connectivity index (χ0n) is 11.7. The number of fused-ring (bicyclic) bond motifs is 4. The third-order valence-corrected chi connectivity index (χ3v) is 4.00. The van der Waals surface area contributed by atoms with Crippen LogP contribution in [0.2, 0.25) is 0 Å². The maximum atomic E-state index is 11.6. The SMILES string of the molecule is O=C1C=C2Cc3c(ccc4cccc([N+](=O)[O-])c34)OC2=CC1=O. The van der Waals surface area contributed by atoms with Crippen molar-refractivity contribution in [3.8, 4) is 5.75 Å². The molecule has 0 fully saturated rings. The van der Waals surface area contributed by atoms with E-state index in [-0.39, 0.29) is 5.69 Å². The topological polar surface area (TPSA) is 86.5 Å². The van der Waals surface area contributed by atoms with Gasteiger partial charge >= 0.3 is 0 Å². The molecule has 2 aromatic carbocycles. The molecule has 0 saturated heterocycles. The third kappa shape index (κ3) is 1.96. The molecule has 2 aromatic rings. The van der Waals surface area contributed by atoms with Crippen molar-refractivity contribution in [3.63, 3.8) is 0 Å². The molecule has 2 aliphatic rings. The summed E-state index contributed by atoms with van der Waals surface area (Å²) in [5, 5.41) is 12.5. The number of nitrogens with zero attached hydrogens (tertiary/aromatic N) is 1. The largest absolute Gasteiger partial charge is 0.457 e. The summed E-state index contributed by atoms with van der Waals surface area (Å²) < 4.78 is 5.69. The van der Waals surface area contributed by atoms with Crippen molar-refractivity contribution >= 4 is 28.0 Å². The van der Waals surface area contributed by atoms with E-state index in [1.807, 2.05) is 0 Å². The summed E-state index contributed by atoms with van der Waals surface area (Å²) in [5.41, 5.74) is 1.21. The summed E-state index contributed by atoms with van der Waals surface area (Å²) in [6.07, 6.45) is 2.72. The van der Waals surface area contributed by atoms with Crippen molar-refractivity contribution in [1.82, 2.24) is 0 Å². The molecule has 0 amide bonds. The summed E-state index contributed by atoms with van der Waals surface area (Å²) in [5.74, 6) is -0.429. The summed E-state index contributed by atoms with van der Waals surface area (Å²) in [4.78, 5) is 33.9. The number of nitro benzene ring substituents is 1. The standard InChI is InChI=1S/C17H9NO5/c19-13-7-10-6-11-15(23-16(10)8-14(13)20)5-4-9-2-1-3-12(17(9)11)18(21)22/h1-5,7-8H,6H2. The molecule has 0 bridgehead atoms. The van der Waals surface area contributed by atoms with E-state index in [9.17, 15) is 19.7 Å². The Balaban J connectivity index is 1.99. The Bertz CT molecular complexity index is 984. The summed E-state index contributed by atoms with van der Waals surface area (Å²) in [6, 6.07) is 8.33. The number of allylic oxidation sites excluding steroid dienone is 3. The molecule has 0 N–H and O–H groups in total. The molecule has 0 unspecified atom stereocenters. The number of ketones is 2. The van der Waals surface area contributed by atoms with Gasteiger partial charge in [-0.05, 0) is 17.5 Å². The van der Waals surface area contributed by atoms with Crippen LogP contribution in [0, 0.1) is 10.1 Å². The van der Waals surface area contributed by atoms with Crippen molar-refractivity contribution in [2.24, 2.45) is 0 Å². The number of nitro groups is 1. The highest BCUT2D eigenvalue weighted by Gasteiger charge is 2.29. The Kier molecular flexibility index (Phi) is 2.68. The second kappa shape index (κ2) is 4.61. The maximum Gasteiger partial charge on any atom is 0.277 e. The number of hydrogen-bond donors (Lipinski definition) is 0. The minimum Gasteiger partial charge on any atom is -0.457 e.